The van der Waals surface area contributed by atoms with Crippen LogP contribution in [0.25, 0.3) is 0 Å². The molecule has 2 rings (SSSR count). The second-order valence-electron chi connectivity index (χ2n) is 3.93. The van der Waals surface area contributed by atoms with Crippen LogP contribution in [0.3, 0.4) is 0 Å². The maximum absolute atomic E-state index is 6.04. The number of benzene rings is 1. The van der Waals surface area contributed by atoms with E-state index in [1.165, 1.54) is 24.8 Å². The third-order valence-corrected chi connectivity index (χ3v) is 3.06. The molecule has 0 aromatic heterocycles. The lowest BCUT2D eigenvalue weighted by molar-refractivity contribution is 0.400. The molecule has 1 N–H and O–H groups in total. The highest BCUT2D eigenvalue weighted by atomic mass is 35.5. The van der Waals surface area contributed by atoms with Crippen molar-refractivity contribution < 1.29 is 4.74 Å². The van der Waals surface area contributed by atoms with Crippen LogP contribution >= 0.6 is 24.0 Å². The van der Waals surface area contributed by atoms with Crippen molar-refractivity contribution in [2.24, 2.45) is 0 Å². The van der Waals surface area contributed by atoms with Gasteiger partial charge in [0.15, 0.2) is 0 Å². The first-order valence-electron chi connectivity index (χ1n) is 5.37. The average Bonchev–Trinajstić information content (AvgIpc) is 2.29. The molecular formula is C12H17Cl2NO. The Morgan fingerprint density at radius 3 is 2.75 bits per heavy atom. The first-order valence-corrected chi connectivity index (χ1v) is 5.75. The Balaban J connectivity index is 0.00000128. The van der Waals surface area contributed by atoms with E-state index in [4.69, 9.17) is 16.3 Å². The molecule has 1 aliphatic heterocycles. The molecule has 90 valence electrons. The van der Waals surface area contributed by atoms with Crippen molar-refractivity contribution in [1.29, 1.82) is 0 Å². The molecular weight excluding hydrogens is 245 g/mol. The fourth-order valence-corrected chi connectivity index (χ4v) is 2.27. The van der Waals surface area contributed by atoms with Gasteiger partial charge in [-0.15, -0.1) is 12.4 Å². The molecule has 0 spiro atoms. The monoisotopic (exact) mass is 261 g/mol. The van der Waals surface area contributed by atoms with Gasteiger partial charge in [0.05, 0.1) is 7.11 Å². The molecule has 0 aliphatic carbocycles. The number of halogens is 2. The van der Waals surface area contributed by atoms with E-state index in [0.717, 1.165) is 17.3 Å². The third kappa shape index (κ3) is 3.27. The lowest BCUT2D eigenvalue weighted by Crippen LogP contribution is -2.26. The molecule has 1 aromatic carbocycles. The molecule has 1 aliphatic rings. The third-order valence-electron chi connectivity index (χ3n) is 2.84. The van der Waals surface area contributed by atoms with E-state index in [1.54, 1.807) is 7.11 Å². The first kappa shape index (κ1) is 13.6. The largest absolute Gasteiger partial charge is 0.497 e. The highest BCUT2D eigenvalue weighted by Crippen LogP contribution is 2.29. The minimum absolute atomic E-state index is 0. The summed E-state index contributed by atoms with van der Waals surface area (Å²) in [5.74, 6) is 0.838. The molecule has 4 heteroatoms. The van der Waals surface area contributed by atoms with E-state index in [1.807, 2.05) is 12.1 Å². The maximum atomic E-state index is 6.04. The van der Waals surface area contributed by atoms with Crippen molar-refractivity contribution in [2.45, 2.75) is 25.3 Å². The van der Waals surface area contributed by atoms with Gasteiger partial charge in [-0.1, -0.05) is 18.0 Å². The van der Waals surface area contributed by atoms with Crippen LogP contribution in [0.5, 0.6) is 5.75 Å². The van der Waals surface area contributed by atoms with Crippen LogP contribution in [0, 0.1) is 0 Å². The fraction of sp³-hybridized carbons (Fsp3) is 0.500. The molecule has 1 atom stereocenters. The summed E-state index contributed by atoms with van der Waals surface area (Å²) in [4.78, 5) is 0. The SMILES string of the molecule is COc1cc(Cl)cc(C2CCCCN2)c1.Cl. The van der Waals surface area contributed by atoms with Gasteiger partial charge < -0.3 is 10.1 Å². The van der Waals surface area contributed by atoms with Gasteiger partial charge in [-0.2, -0.15) is 0 Å². The van der Waals surface area contributed by atoms with Crippen molar-refractivity contribution in [3.63, 3.8) is 0 Å². The molecule has 1 saturated heterocycles. The summed E-state index contributed by atoms with van der Waals surface area (Å²) in [6, 6.07) is 6.36. The molecule has 1 unspecified atom stereocenters. The second kappa shape index (κ2) is 6.33. The maximum Gasteiger partial charge on any atom is 0.120 e. The molecule has 0 radical (unpaired) electrons. The quantitative estimate of drug-likeness (QED) is 0.879. The Hall–Kier alpha value is -0.440. The van der Waals surface area contributed by atoms with Crippen LogP contribution in [0.2, 0.25) is 5.02 Å². The number of ether oxygens (including phenoxy) is 1. The summed E-state index contributed by atoms with van der Waals surface area (Å²) >= 11 is 6.04. The van der Waals surface area contributed by atoms with Gasteiger partial charge in [-0.25, -0.2) is 0 Å². The average molecular weight is 262 g/mol. The van der Waals surface area contributed by atoms with Crippen LogP contribution in [0.1, 0.15) is 30.9 Å². The first-order chi connectivity index (χ1) is 7.29. The minimum atomic E-state index is 0. The summed E-state index contributed by atoms with van der Waals surface area (Å²) in [7, 11) is 1.67. The van der Waals surface area contributed by atoms with Crippen LogP contribution in [0.4, 0.5) is 0 Å². The Morgan fingerprint density at radius 2 is 2.12 bits per heavy atom. The highest BCUT2D eigenvalue weighted by Gasteiger charge is 2.15. The van der Waals surface area contributed by atoms with E-state index in [0.29, 0.717) is 6.04 Å². The smallest absolute Gasteiger partial charge is 0.120 e. The van der Waals surface area contributed by atoms with Crippen molar-refractivity contribution in [1.82, 2.24) is 5.32 Å². The zero-order chi connectivity index (χ0) is 10.7. The zero-order valence-corrected chi connectivity index (χ0v) is 10.9. The van der Waals surface area contributed by atoms with Gasteiger partial charge in [0.2, 0.25) is 0 Å². The van der Waals surface area contributed by atoms with E-state index in [2.05, 4.69) is 11.4 Å². The second-order valence-corrected chi connectivity index (χ2v) is 4.36. The van der Waals surface area contributed by atoms with Crippen LogP contribution in [-0.4, -0.2) is 13.7 Å². The molecule has 0 bridgehead atoms. The lowest BCUT2D eigenvalue weighted by atomic mass is 9.97. The Labute approximate surface area is 108 Å². The predicted molar refractivity (Wildman–Crippen MR) is 69.8 cm³/mol. The summed E-state index contributed by atoms with van der Waals surface area (Å²) in [5.41, 5.74) is 1.24. The molecule has 1 aromatic rings. The van der Waals surface area contributed by atoms with E-state index in [9.17, 15) is 0 Å². The van der Waals surface area contributed by atoms with E-state index in [-0.39, 0.29) is 12.4 Å². The normalized spacial score (nSPS) is 20.0. The number of nitrogens with one attached hydrogen (secondary N) is 1. The van der Waals surface area contributed by atoms with Gasteiger partial charge in [0.1, 0.15) is 5.75 Å². The van der Waals surface area contributed by atoms with Crippen molar-refractivity contribution in [3.8, 4) is 5.75 Å². The Kier molecular flexibility index (Phi) is 5.39. The van der Waals surface area contributed by atoms with Crippen LogP contribution in [0.15, 0.2) is 18.2 Å². The summed E-state index contributed by atoms with van der Waals surface area (Å²) in [6.07, 6.45) is 3.74. The number of rotatable bonds is 2. The van der Waals surface area contributed by atoms with E-state index < -0.39 is 0 Å². The predicted octanol–water partition coefficient (Wildman–Crippen LogP) is 3.59. The van der Waals surface area contributed by atoms with E-state index >= 15 is 0 Å². The standard InChI is InChI=1S/C12H16ClNO.ClH/c1-15-11-7-9(6-10(13)8-11)12-4-2-3-5-14-12;/h6-8,12,14H,2-5H2,1H3;1H. The molecule has 1 fully saturated rings. The number of piperidine rings is 1. The molecule has 1 heterocycles. The van der Waals surface area contributed by atoms with Crippen LogP contribution < -0.4 is 10.1 Å². The van der Waals surface area contributed by atoms with Gasteiger partial charge in [0.25, 0.3) is 0 Å². The summed E-state index contributed by atoms with van der Waals surface area (Å²) in [6.45, 7) is 1.10. The fourth-order valence-electron chi connectivity index (χ4n) is 2.04. The molecule has 0 saturated carbocycles. The van der Waals surface area contributed by atoms with Crippen molar-refractivity contribution in [2.75, 3.05) is 13.7 Å². The Bertz CT molecular complexity index is 338. The van der Waals surface area contributed by atoms with Crippen molar-refractivity contribution >= 4 is 24.0 Å². The molecule has 0 amide bonds. The Morgan fingerprint density at radius 1 is 1.31 bits per heavy atom. The van der Waals surface area contributed by atoms with Crippen LogP contribution in [-0.2, 0) is 0 Å². The molecule has 16 heavy (non-hydrogen) atoms. The van der Waals surface area contributed by atoms with Gasteiger partial charge >= 0.3 is 0 Å². The van der Waals surface area contributed by atoms with Gasteiger partial charge in [-0.05, 0) is 43.1 Å². The topological polar surface area (TPSA) is 21.3 Å². The number of hydrogen-bond acceptors (Lipinski definition) is 2. The lowest BCUT2D eigenvalue weighted by Gasteiger charge is -2.24. The van der Waals surface area contributed by atoms with Gasteiger partial charge in [0, 0.05) is 11.1 Å². The summed E-state index contributed by atoms with van der Waals surface area (Å²) in [5, 5.41) is 4.25. The number of hydrogen-bond donors (Lipinski definition) is 1. The summed E-state index contributed by atoms with van der Waals surface area (Å²) < 4.78 is 5.21. The molecule has 2 nitrogen and oxygen atoms in total. The highest BCUT2D eigenvalue weighted by molar-refractivity contribution is 6.30. The number of methoxy groups -OCH3 is 1. The van der Waals surface area contributed by atoms with Crippen molar-refractivity contribution in [3.05, 3.63) is 28.8 Å². The minimum Gasteiger partial charge on any atom is -0.497 e. The zero-order valence-electron chi connectivity index (χ0n) is 9.33. The van der Waals surface area contributed by atoms with Gasteiger partial charge in [-0.3, -0.25) is 0 Å².